The minimum atomic E-state index is 0.900. The Balaban J connectivity index is 1.51. The van der Waals surface area contributed by atoms with Crippen LogP contribution in [0.5, 0.6) is 0 Å². The number of fused-ring (bicyclic) bond motifs is 2. The normalized spacial score (nSPS) is 42.4. The summed E-state index contributed by atoms with van der Waals surface area (Å²) >= 11 is 0. The molecule has 3 fully saturated rings. The van der Waals surface area contributed by atoms with Gasteiger partial charge in [-0.2, -0.15) is 0 Å². The summed E-state index contributed by atoms with van der Waals surface area (Å²) in [5, 5.41) is 3.71. The number of hydrogen-bond acceptors (Lipinski definition) is 2. The van der Waals surface area contributed by atoms with Gasteiger partial charge in [-0.15, -0.1) is 0 Å². The van der Waals surface area contributed by atoms with Crippen molar-refractivity contribution in [3.8, 4) is 0 Å². The van der Waals surface area contributed by atoms with Crippen molar-refractivity contribution in [1.82, 2.24) is 10.2 Å². The first-order chi connectivity index (χ1) is 6.92. The van der Waals surface area contributed by atoms with Gasteiger partial charge < -0.3 is 10.2 Å². The van der Waals surface area contributed by atoms with Crippen molar-refractivity contribution in [2.45, 2.75) is 38.1 Å². The largest absolute Gasteiger partial charge is 0.314 e. The predicted octanol–water partition coefficient (Wildman–Crippen LogP) is 1.47. The van der Waals surface area contributed by atoms with Crippen molar-refractivity contribution in [2.75, 3.05) is 26.2 Å². The Morgan fingerprint density at radius 2 is 2.00 bits per heavy atom. The lowest BCUT2D eigenvalue weighted by molar-refractivity contribution is 0.0735. The Morgan fingerprint density at radius 1 is 1.07 bits per heavy atom. The minimum Gasteiger partial charge on any atom is -0.314 e. The maximum atomic E-state index is 3.71. The van der Waals surface area contributed by atoms with E-state index >= 15 is 0 Å². The zero-order valence-electron chi connectivity index (χ0n) is 9.04. The Morgan fingerprint density at radius 3 is 2.86 bits per heavy atom. The maximum absolute atomic E-state index is 3.71. The molecule has 2 heteroatoms. The van der Waals surface area contributed by atoms with E-state index in [0.29, 0.717) is 0 Å². The van der Waals surface area contributed by atoms with Crippen molar-refractivity contribution in [1.29, 1.82) is 0 Å². The van der Waals surface area contributed by atoms with Crippen LogP contribution in [0.1, 0.15) is 32.1 Å². The quantitative estimate of drug-likeness (QED) is 0.732. The molecule has 0 aromatic rings. The van der Waals surface area contributed by atoms with Crippen LogP contribution in [0, 0.1) is 11.8 Å². The number of hydrogen-bond donors (Lipinski definition) is 1. The second-order valence-electron chi connectivity index (χ2n) is 5.43. The van der Waals surface area contributed by atoms with E-state index < -0.39 is 0 Å². The number of nitrogens with zero attached hydrogens (tertiary/aromatic N) is 1. The van der Waals surface area contributed by atoms with Gasteiger partial charge in [-0.25, -0.2) is 0 Å². The van der Waals surface area contributed by atoms with Crippen LogP contribution in [0.2, 0.25) is 0 Å². The summed E-state index contributed by atoms with van der Waals surface area (Å²) in [7, 11) is 0. The molecule has 14 heavy (non-hydrogen) atoms. The van der Waals surface area contributed by atoms with Gasteiger partial charge in [0.25, 0.3) is 0 Å². The molecule has 2 saturated heterocycles. The molecule has 0 aromatic carbocycles. The molecule has 3 atom stereocenters. The van der Waals surface area contributed by atoms with Gasteiger partial charge in [0, 0.05) is 12.6 Å². The van der Waals surface area contributed by atoms with Gasteiger partial charge >= 0.3 is 0 Å². The van der Waals surface area contributed by atoms with E-state index in [1.165, 1.54) is 58.3 Å². The molecule has 2 nitrogen and oxygen atoms in total. The monoisotopic (exact) mass is 194 g/mol. The minimum absolute atomic E-state index is 0.900. The first-order valence-corrected chi connectivity index (χ1v) is 6.37. The molecule has 2 aliphatic heterocycles. The lowest BCUT2D eigenvalue weighted by Gasteiger charge is -2.42. The lowest BCUT2D eigenvalue weighted by Crippen LogP contribution is -2.47. The summed E-state index contributed by atoms with van der Waals surface area (Å²) in [5.41, 5.74) is 0. The van der Waals surface area contributed by atoms with Gasteiger partial charge in [0.1, 0.15) is 0 Å². The molecular weight excluding hydrogens is 172 g/mol. The van der Waals surface area contributed by atoms with E-state index in [4.69, 9.17) is 0 Å². The molecule has 3 unspecified atom stereocenters. The van der Waals surface area contributed by atoms with Gasteiger partial charge in [-0.05, 0) is 63.6 Å². The summed E-state index contributed by atoms with van der Waals surface area (Å²) < 4.78 is 0. The number of piperidine rings is 2. The average molecular weight is 194 g/mol. The Bertz CT molecular complexity index is 200. The van der Waals surface area contributed by atoms with E-state index in [2.05, 4.69) is 10.2 Å². The zero-order valence-corrected chi connectivity index (χ0v) is 9.04. The van der Waals surface area contributed by atoms with Crippen LogP contribution in [0.15, 0.2) is 0 Å². The predicted molar refractivity (Wildman–Crippen MR) is 58.3 cm³/mol. The highest BCUT2D eigenvalue weighted by molar-refractivity contribution is 4.88. The third-order valence-corrected chi connectivity index (χ3v) is 4.27. The van der Waals surface area contributed by atoms with Crippen molar-refractivity contribution in [2.24, 2.45) is 11.8 Å². The highest BCUT2D eigenvalue weighted by atomic mass is 15.1. The fourth-order valence-corrected chi connectivity index (χ4v) is 3.14. The molecule has 2 heterocycles. The van der Waals surface area contributed by atoms with E-state index in [9.17, 15) is 0 Å². The molecule has 2 bridgehead atoms. The molecule has 1 N–H and O–H groups in total. The van der Waals surface area contributed by atoms with Crippen LogP contribution in [0.25, 0.3) is 0 Å². The Hall–Kier alpha value is -0.0800. The van der Waals surface area contributed by atoms with Gasteiger partial charge in [-0.1, -0.05) is 0 Å². The van der Waals surface area contributed by atoms with Crippen LogP contribution in [-0.2, 0) is 0 Å². The molecule has 0 amide bonds. The lowest BCUT2D eigenvalue weighted by atomic mass is 9.80. The van der Waals surface area contributed by atoms with E-state index in [1.54, 1.807) is 0 Å². The summed E-state index contributed by atoms with van der Waals surface area (Å²) in [6.07, 6.45) is 7.26. The van der Waals surface area contributed by atoms with Crippen molar-refractivity contribution >= 4 is 0 Å². The molecule has 3 rings (SSSR count). The van der Waals surface area contributed by atoms with Crippen molar-refractivity contribution in [3.05, 3.63) is 0 Å². The van der Waals surface area contributed by atoms with Gasteiger partial charge in [0.05, 0.1) is 0 Å². The fraction of sp³-hybridized carbons (Fsp3) is 1.00. The topological polar surface area (TPSA) is 15.3 Å². The molecule has 80 valence electrons. The SMILES string of the molecule is C1CC2CN(C1)CCC2CNC1CC1. The maximum Gasteiger partial charge on any atom is 0.00683 e. The summed E-state index contributed by atoms with van der Waals surface area (Å²) in [6, 6.07) is 0.900. The number of rotatable bonds is 3. The van der Waals surface area contributed by atoms with E-state index in [-0.39, 0.29) is 0 Å². The smallest absolute Gasteiger partial charge is 0.00683 e. The fourth-order valence-electron chi connectivity index (χ4n) is 3.14. The zero-order chi connectivity index (χ0) is 9.38. The van der Waals surface area contributed by atoms with Crippen LogP contribution in [0.4, 0.5) is 0 Å². The second-order valence-corrected chi connectivity index (χ2v) is 5.43. The highest BCUT2D eigenvalue weighted by Gasteiger charge is 2.32. The van der Waals surface area contributed by atoms with Crippen LogP contribution in [-0.4, -0.2) is 37.1 Å². The molecule has 1 aliphatic carbocycles. The molecular formula is C12H22N2. The first-order valence-electron chi connectivity index (χ1n) is 6.37. The summed E-state index contributed by atoms with van der Waals surface area (Å²) in [6.45, 7) is 5.45. The van der Waals surface area contributed by atoms with Crippen LogP contribution in [0.3, 0.4) is 0 Å². The Kier molecular flexibility index (Phi) is 2.50. The van der Waals surface area contributed by atoms with Crippen LogP contribution >= 0.6 is 0 Å². The molecule has 0 aromatic heterocycles. The third-order valence-electron chi connectivity index (χ3n) is 4.27. The van der Waals surface area contributed by atoms with E-state index in [0.717, 1.165) is 17.9 Å². The van der Waals surface area contributed by atoms with E-state index in [1.807, 2.05) is 0 Å². The van der Waals surface area contributed by atoms with Gasteiger partial charge in [0.15, 0.2) is 0 Å². The standard InChI is InChI=1S/C12H22N2/c1-2-11-9-14(6-1)7-5-10(11)8-13-12-3-4-12/h10-13H,1-9H2. The average Bonchev–Trinajstić information content (AvgIpc) is 3.01. The van der Waals surface area contributed by atoms with Crippen molar-refractivity contribution in [3.63, 3.8) is 0 Å². The Labute approximate surface area is 87.0 Å². The summed E-state index contributed by atoms with van der Waals surface area (Å²) in [5.74, 6) is 2.01. The van der Waals surface area contributed by atoms with Crippen LogP contribution < -0.4 is 5.32 Å². The highest BCUT2D eigenvalue weighted by Crippen LogP contribution is 2.31. The molecule has 0 radical (unpaired) electrons. The van der Waals surface area contributed by atoms with Gasteiger partial charge in [-0.3, -0.25) is 0 Å². The third kappa shape index (κ3) is 1.96. The molecule has 0 spiro atoms. The van der Waals surface area contributed by atoms with Crippen molar-refractivity contribution < 1.29 is 0 Å². The second kappa shape index (κ2) is 3.82. The summed E-state index contributed by atoms with van der Waals surface area (Å²) in [4.78, 5) is 2.67. The number of nitrogens with one attached hydrogen (secondary N) is 1. The van der Waals surface area contributed by atoms with Gasteiger partial charge in [0.2, 0.25) is 0 Å². The molecule has 1 saturated carbocycles. The molecule has 3 aliphatic rings. The first kappa shape index (κ1) is 9.17.